The van der Waals surface area contributed by atoms with Crippen molar-refractivity contribution >= 4 is 17.6 Å². The summed E-state index contributed by atoms with van der Waals surface area (Å²) in [5.41, 5.74) is 0.886. The van der Waals surface area contributed by atoms with Crippen LogP contribution in [0.1, 0.15) is 31.7 Å². The summed E-state index contributed by atoms with van der Waals surface area (Å²) in [6.07, 6.45) is 2.99. The third kappa shape index (κ3) is 9.86. The molecule has 2 N–H and O–H groups in total. The maximum absolute atomic E-state index is 11.8. The van der Waals surface area contributed by atoms with Crippen molar-refractivity contribution in [1.82, 2.24) is 15.5 Å². The van der Waals surface area contributed by atoms with Gasteiger partial charge in [0.05, 0.1) is 18.0 Å². The van der Waals surface area contributed by atoms with E-state index in [1.54, 1.807) is 26.2 Å². The summed E-state index contributed by atoms with van der Waals surface area (Å²) < 4.78 is 5.53. The predicted molar refractivity (Wildman–Crippen MR) is 109 cm³/mol. The van der Waals surface area contributed by atoms with Crippen LogP contribution in [0.3, 0.4) is 0 Å². The highest BCUT2D eigenvalue weighted by molar-refractivity contribution is 5.86. The lowest BCUT2D eigenvalue weighted by Gasteiger charge is -2.15. The molecule has 1 rings (SSSR count). The van der Waals surface area contributed by atoms with E-state index in [2.05, 4.69) is 22.5 Å². The molecule has 0 unspecified atom stereocenters. The van der Waals surface area contributed by atoms with Gasteiger partial charge in [-0.3, -0.25) is 14.9 Å². The summed E-state index contributed by atoms with van der Waals surface area (Å²) in [4.78, 5) is 28.0. The minimum Gasteiger partial charge on any atom is -0.381 e. The Hall–Kier alpha value is -2.68. The maximum Gasteiger partial charge on any atom is 0.269 e. The summed E-state index contributed by atoms with van der Waals surface area (Å²) >= 11 is 0. The number of nitrogens with one attached hydrogen (secondary N) is 2. The van der Waals surface area contributed by atoms with Crippen molar-refractivity contribution in [2.24, 2.45) is 4.99 Å². The van der Waals surface area contributed by atoms with Gasteiger partial charge < -0.3 is 20.3 Å². The molecule has 0 heterocycles. The molecule has 0 fully saturated rings. The lowest BCUT2D eigenvalue weighted by atomic mass is 10.2. The van der Waals surface area contributed by atoms with Gasteiger partial charge in [-0.2, -0.15) is 0 Å². The molecule has 156 valence electrons. The molecule has 0 saturated heterocycles. The highest BCUT2D eigenvalue weighted by Gasteiger charge is 2.07. The summed E-state index contributed by atoms with van der Waals surface area (Å²) in [6, 6.07) is 6.25. The van der Waals surface area contributed by atoms with Crippen LogP contribution < -0.4 is 10.6 Å². The topological polar surface area (TPSA) is 109 Å². The minimum atomic E-state index is -0.434. The number of likely N-dealkylation sites (N-methyl/N-ethyl adjacent to an activating group) is 1. The molecule has 1 amide bonds. The molecule has 0 aliphatic rings. The molecule has 0 saturated carbocycles. The lowest BCUT2D eigenvalue weighted by molar-refractivity contribution is -0.384. The van der Waals surface area contributed by atoms with Gasteiger partial charge in [0.25, 0.3) is 5.69 Å². The van der Waals surface area contributed by atoms with Crippen LogP contribution in [-0.4, -0.2) is 62.1 Å². The van der Waals surface area contributed by atoms with E-state index in [0.717, 1.165) is 31.4 Å². The SMILES string of the molecule is CCCCOCCCNC(=NCc1ccc([N+](=O)[O-])cc1)NCC(=O)N(C)C. The number of unbranched alkanes of at least 4 members (excludes halogenated alkanes) is 1. The second kappa shape index (κ2) is 13.5. The monoisotopic (exact) mass is 393 g/mol. The minimum absolute atomic E-state index is 0.0452. The van der Waals surface area contributed by atoms with E-state index >= 15 is 0 Å². The number of nitro benzene ring substituents is 1. The number of hydrogen-bond acceptors (Lipinski definition) is 5. The first-order chi connectivity index (χ1) is 13.4. The molecule has 0 atom stereocenters. The molecule has 9 nitrogen and oxygen atoms in total. The van der Waals surface area contributed by atoms with E-state index in [1.807, 2.05) is 0 Å². The third-order valence-electron chi connectivity index (χ3n) is 3.87. The number of ether oxygens (including phenoxy) is 1. The van der Waals surface area contributed by atoms with Crippen molar-refractivity contribution in [2.45, 2.75) is 32.7 Å². The molecule has 0 aromatic heterocycles. The maximum atomic E-state index is 11.8. The molecule has 1 aromatic rings. The van der Waals surface area contributed by atoms with Gasteiger partial charge >= 0.3 is 0 Å². The number of amides is 1. The number of benzene rings is 1. The first-order valence-electron chi connectivity index (χ1n) is 9.47. The highest BCUT2D eigenvalue weighted by atomic mass is 16.6. The van der Waals surface area contributed by atoms with E-state index in [0.29, 0.717) is 25.7 Å². The third-order valence-corrected chi connectivity index (χ3v) is 3.87. The zero-order valence-corrected chi connectivity index (χ0v) is 16.9. The number of guanidine groups is 1. The first kappa shape index (κ1) is 23.4. The van der Waals surface area contributed by atoms with Crippen molar-refractivity contribution in [2.75, 3.05) is 40.4 Å². The van der Waals surface area contributed by atoms with Crippen LogP contribution in [0.15, 0.2) is 29.3 Å². The van der Waals surface area contributed by atoms with Crippen molar-refractivity contribution in [3.8, 4) is 0 Å². The standard InChI is InChI=1S/C19H31N5O4/c1-4-5-12-28-13-6-11-20-19(22-15-18(25)23(2)3)21-14-16-7-9-17(10-8-16)24(26)27/h7-10H,4-6,11-15H2,1-3H3,(H2,20,21,22). The number of carbonyl (C=O) groups excluding carboxylic acids is 1. The van der Waals surface area contributed by atoms with Gasteiger partial charge in [0.1, 0.15) is 0 Å². The van der Waals surface area contributed by atoms with Gasteiger partial charge in [0.15, 0.2) is 5.96 Å². The Morgan fingerprint density at radius 1 is 1.18 bits per heavy atom. The molecule has 0 bridgehead atoms. The van der Waals surface area contributed by atoms with E-state index in [9.17, 15) is 14.9 Å². The van der Waals surface area contributed by atoms with Crippen LogP contribution >= 0.6 is 0 Å². The van der Waals surface area contributed by atoms with E-state index in [1.165, 1.54) is 17.0 Å². The normalized spacial score (nSPS) is 11.2. The van der Waals surface area contributed by atoms with Crippen molar-refractivity contribution in [3.05, 3.63) is 39.9 Å². The molecule has 0 aliphatic carbocycles. The average Bonchev–Trinajstić information content (AvgIpc) is 2.68. The zero-order chi connectivity index (χ0) is 20.8. The molecular weight excluding hydrogens is 362 g/mol. The summed E-state index contributed by atoms with van der Waals surface area (Å²) in [5, 5.41) is 16.9. The van der Waals surface area contributed by atoms with Crippen LogP contribution in [0.2, 0.25) is 0 Å². The Kier molecular flexibility index (Phi) is 11.2. The largest absolute Gasteiger partial charge is 0.381 e. The number of aliphatic imine (C=N–C) groups is 1. The number of non-ortho nitro benzene ring substituents is 1. The number of hydrogen-bond donors (Lipinski definition) is 2. The van der Waals surface area contributed by atoms with Crippen LogP contribution in [-0.2, 0) is 16.1 Å². The molecular formula is C19H31N5O4. The Morgan fingerprint density at radius 2 is 1.86 bits per heavy atom. The number of rotatable bonds is 12. The fourth-order valence-corrected chi connectivity index (χ4v) is 2.11. The van der Waals surface area contributed by atoms with Crippen LogP contribution in [0, 0.1) is 10.1 Å². The zero-order valence-electron chi connectivity index (χ0n) is 16.9. The predicted octanol–water partition coefficient (Wildman–Crippen LogP) is 1.93. The van der Waals surface area contributed by atoms with Gasteiger partial charge in [0.2, 0.25) is 5.91 Å². The number of nitrogens with zero attached hydrogens (tertiary/aromatic N) is 3. The molecule has 1 aromatic carbocycles. The fourth-order valence-electron chi connectivity index (χ4n) is 2.11. The van der Waals surface area contributed by atoms with Gasteiger partial charge in [-0.25, -0.2) is 4.99 Å². The van der Waals surface area contributed by atoms with Crippen LogP contribution in [0.25, 0.3) is 0 Å². The first-order valence-corrected chi connectivity index (χ1v) is 9.47. The van der Waals surface area contributed by atoms with Gasteiger partial charge in [-0.05, 0) is 18.4 Å². The van der Waals surface area contributed by atoms with E-state index in [4.69, 9.17) is 4.74 Å². The summed E-state index contributed by atoms with van der Waals surface area (Å²) in [6.45, 7) is 4.70. The fraction of sp³-hybridized carbons (Fsp3) is 0.579. The molecule has 0 spiro atoms. The Bertz CT molecular complexity index is 632. The van der Waals surface area contributed by atoms with Gasteiger partial charge in [-0.15, -0.1) is 0 Å². The molecule has 28 heavy (non-hydrogen) atoms. The lowest BCUT2D eigenvalue weighted by Crippen LogP contribution is -2.43. The Balaban J connectivity index is 2.56. The average molecular weight is 393 g/mol. The van der Waals surface area contributed by atoms with E-state index in [-0.39, 0.29) is 18.1 Å². The Morgan fingerprint density at radius 3 is 2.46 bits per heavy atom. The quantitative estimate of drug-likeness (QED) is 0.185. The van der Waals surface area contributed by atoms with Gasteiger partial charge in [-0.1, -0.05) is 25.5 Å². The van der Waals surface area contributed by atoms with E-state index < -0.39 is 4.92 Å². The van der Waals surface area contributed by atoms with Crippen LogP contribution in [0.5, 0.6) is 0 Å². The Labute approximate surface area is 166 Å². The van der Waals surface area contributed by atoms with Crippen molar-refractivity contribution in [3.63, 3.8) is 0 Å². The van der Waals surface area contributed by atoms with Gasteiger partial charge in [0, 0.05) is 46.0 Å². The summed E-state index contributed by atoms with van der Waals surface area (Å²) in [5.74, 6) is 0.454. The second-order valence-corrected chi connectivity index (χ2v) is 6.48. The van der Waals surface area contributed by atoms with Crippen molar-refractivity contribution in [1.29, 1.82) is 0 Å². The molecule has 0 radical (unpaired) electrons. The number of nitro groups is 1. The highest BCUT2D eigenvalue weighted by Crippen LogP contribution is 2.12. The second-order valence-electron chi connectivity index (χ2n) is 6.48. The molecule has 9 heteroatoms. The smallest absolute Gasteiger partial charge is 0.269 e. The summed E-state index contributed by atoms with van der Waals surface area (Å²) in [7, 11) is 3.39. The number of carbonyl (C=O) groups is 1. The van der Waals surface area contributed by atoms with Crippen molar-refractivity contribution < 1.29 is 14.5 Å². The van der Waals surface area contributed by atoms with Crippen LogP contribution in [0.4, 0.5) is 5.69 Å². The molecule has 0 aliphatic heterocycles.